The van der Waals surface area contributed by atoms with Crippen LogP contribution in [0.5, 0.6) is 0 Å². The number of aliphatic hydroxyl groups is 1. The first-order chi connectivity index (χ1) is 8.83. The van der Waals surface area contributed by atoms with Crippen molar-refractivity contribution in [3.05, 3.63) is 30.1 Å². The predicted molar refractivity (Wildman–Crippen MR) is 76.6 cm³/mol. The highest BCUT2D eigenvalue weighted by Crippen LogP contribution is 2.12. The highest BCUT2D eigenvalue weighted by Gasteiger charge is 2.04. The standard InChI is InChI=1S/C16H27NO/c1-2-3-4-5-6-7-10-16(18)12-11-15-9-8-13-17-14-15/h8-9,13-14,16,18H,2-7,10-12H2,1H3. The number of rotatable bonds is 10. The van der Waals surface area contributed by atoms with E-state index in [1.165, 1.54) is 37.7 Å². The van der Waals surface area contributed by atoms with Crippen molar-refractivity contribution < 1.29 is 5.11 Å². The molecule has 1 aromatic heterocycles. The van der Waals surface area contributed by atoms with Gasteiger partial charge in [0.15, 0.2) is 0 Å². The summed E-state index contributed by atoms with van der Waals surface area (Å²) >= 11 is 0. The fraction of sp³-hybridized carbons (Fsp3) is 0.688. The van der Waals surface area contributed by atoms with Crippen molar-refractivity contribution in [3.63, 3.8) is 0 Å². The van der Waals surface area contributed by atoms with Crippen LogP contribution >= 0.6 is 0 Å². The minimum atomic E-state index is -0.142. The second-order valence-corrected chi connectivity index (χ2v) is 5.11. The number of aliphatic hydroxyl groups excluding tert-OH is 1. The lowest BCUT2D eigenvalue weighted by Gasteiger charge is -2.10. The van der Waals surface area contributed by atoms with E-state index in [1.54, 1.807) is 6.20 Å². The van der Waals surface area contributed by atoms with E-state index >= 15 is 0 Å². The molecule has 0 aliphatic carbocycles. The van der Waals surface area contributed by atoms with Crippen LogP contribution in [0.15, 0.2) is 24.5 Å². The van der Waals surface area contributed by atoms with Crippen molar-refractivity contribution in [2.75, 3.05) is 0 Å². The molecule has 0 saturated carbocycles. The molecule has 0 aliphatic rings. The van der Waals surface area contributed by atoms with Gasteiger partial charge in [0.1, 0.15) is 0 Å². The Bertz CT molecular complexity index is 286. The lowest BCUT2D eigenvalue weighted by Crippen LogP contribution is -2.07. The number of hydrogen-bond donors (Lipinski definition) is 1. The zero-order valence-electron chi connectivity index (χ0n) is 11.6. The van der Waals surface area contributed by atoms with Gasteiger partial charge in [0, 0.05) is 12.4 Å². The first kappa shape index (κ1) is 15.2. The summed E-state index contributed by atoms with van der Waals surface area (Å²) in [5, 5.41) is 9.89. The average molecular weight is 249 g/mol. The van der Waals surface area contributed by atoms with Gasteiger partial charge in [-0.2, -0.15) is 0 Å². The minimum absolute atomic E-state index is 0.142. The van der Waals surface area contributed by atoms with Gasteiger partial charge in [-0.15, -0.1) is 0 Å². The first-order valence-corrected chi connectivity index (χ1v) is 7.40. The molecule has 1 aromatic rings. The summed E-state index contributed by atoms with van der Waals surface area (Å²) in [6.07, 6.45) is 14.0. The van der Waals surface area contributed by atoms with E-state index in [1.807, 2.05) is 12.3 Å². The van der Waals surface area contributed by atoms with E-state index in [2.05, 4.69) is 18.0 Å². The van der Waals surface area contributed by atoms with Gasteiger partial charge in [-0.1, -0.05) is 51.5 Å². The summed E-state index contributed by atoms with van der Waals surface area (Å²) in [6, 6.07) is 4.03. The van der Waals surface area contributed by atoms with Crippen LogP contribution in [0, 0.1) is 0 Å². The SMILES string of the molecule is CCCCCCCCC(O)CCc1cccnc1. The molecule has 0 amide bonds. The lowest BCUT2D eigenvalue weighted by molar-refractivity contribution is 0.151. The number of unbranched alkanes of at least 4 members (excludes halogenated alkanes) is 5. The number of aromatic nitrogens is 1. The number of nitrogens with zero attached hydrogens (tertiary/aromatic N) is 1. The highest BCUT2D eigenvalue weighted by molar-refractivity contribution is 5.08. The molecular formula is C16H27NO. The van der Waals surface area contributed by atoms with Gasteiger partial charge >= 0.3 is 0 Å². The van der Waals surface area contributed by atoms with Crippen LogP contribution < -0.4 is 0 Å². The van der Waals surface area contributed by atoms with Crippen LogP contribution in [0.4, 0.5) is 0 Å². The Hall–Kier alpha value is -0.890. The van der Waals surface area contributed by atoms with Gasteiger partial charge in [0.2, 0.25) is 0 Å². The van der Waals surface area contributed by atoms with Crippen LogP contribution in [0.2, 0.25) is 0 Å². The van der Waals surface area contributed by atoms with Crippen molar-refractivity contribution in [1.29, 1.82) is 0 Å². The van der Waals surface area contributed by atoms with Crippen molar-refractivity contribution in [2.24, 2.45) is 0 Å². The van der Waals surface area contributed by atoms with E-state index in [-0.39, 0.29) is 6.10 Å². The second kappa shape index (κ2) is 10.1. The Morgan fingerprint density at radius 1 is 1.11 bits per heavy atom. The van der Waals surface area contributed by atoms with Gasteiger partial charge in [-0.25, -0.2) is 0 Å². The Kier molecular flexibility index (Phi) is 8.49. The summed E-state index contributed by atoms with van der Waals surface area (Å²) < 4.78 is 0. The molecule has 1 N–H and O–H groups in total. The molecule has 2 heteroatoms. The molecule has 0 saturated heterocycles. The van der Waals surface area contributed by atoms with Gasteiger partial charge in [-0.3, -0.25) is 4.98 Å². The molecule has 0 aromatic carbocycles. The zero-order valence-corrected chi connectivity index (χ0v) is 11.6. The Morgan fingerprint density at radius 2 is 1.89 bits per heavy atom. The Labute approximate surface area is 111 Å². The molecule has 0 spiro atoms. The van der Waals surface area contributed by atoms with Gasteiger partial charge in [0.25, 0.3) is 0 Å². The molecule has 1 heterocycles. The zero-order chi connectivity index (χ0) is 13.1. The molecule has 18 heavy (non-hydrogen) atoms. The molecule has 0 bridgehead atoms. The van der Waals surface area contributed by atoms with E-state index in [0.29, 0.717) is 0 Å². The van der Waals surface area contributed by atoms with Crippen LogP contribution in [-0.2, 0) is 6.42 Å². The summed E-state index contributed by atoms with van der Waals surface area (Å²) in [4.78, 5) is 4.08. The fourth-order valence-corrected chi connectivity index (χ4v) is 2.18. The monoisotopic (exact) mass is 249 g/mol. The second-order valence-electron chi connectivity index (χ2n) is 5.11. The van der Waals surface area contributed by atoms with Crippen LogP contribution in [0.25, 0.3) is 0 Å². The predicted octanol–water partition coefficient (Wildman–Crippen LogP) is 4.13. The maximum Gasteiger partial charge on any atom is 0.0543 e. The molecule has 0 radical (unpaired) electrons. The highest BCUT2D eigenvalue weighted by atomic mass is 16.3. The van der Waals surface area contributed by atoms with E-state index in [9.17, 15) is 5.11 Å². The van der Waals surface area contributed by atoms with E-state index in [4.69, 9.17) is 0 Å². The largest absolute Gasteiger partial charge is 0.393 e. The third kappa shape index (κ3) is 7.44. The van der Waals surface area contributed by atoms with Crippen molar-refractivity contribution in [1.82, 2.24) is 4.98 Å². The maximum absolute atomic E-state index is 9.89. The van der Waals surface area contributed by atoms with Gasteiger partial charge < -0.3 is 5.11 Å². The van der Waals surface area contributed by atoms with Crippen molar-refractivity contribution in [3.8, 4) is 0 Å². The van der Waals surface area contributed by atoms with Crippen molar-refractivity contribution >= 4 is 0 Å². The van der Waals surface area contributed by atoms with Crippen molar-refractivity contribution in [2.45, 2.75) is 70.8 Å². The maximum atomic E-state index is 9.89. The third-order valence-electron chi connectivity index (χ3n) is 3.38. The number of aryl methyl sites for hydroxylation is 1. The lowest BCUT2D eigenvalue weighted by atomic mass is 10.0. The molecule has 1 atom stereocenters. The van der Waals surface area contributed by atoms with Gasteiger partial charge in [0.05, 0.1) is 6.10 Å². The fourth-order valence-electron chi connectivity index (χ4n) is 2.18. The van der Waals surface area contributed by atoms with E-state index in [0.717, 1.165) is 25.7 Å². The molecule has 0 aliphatic heterocycles. The smallest absolute Gasteiger partial charge is 0.0543 e. The molecule has 1 rings (SSSR count). The Balaban J connectivity index is 1.99. The topological polar surface area (TPSA) is 33.1 Å². The number of pyridine rings is 1. The quantitative estimate of drug-likeness (QED) is 0.633. The number of hydrogen-bond acceptors (Lipinski definition) is 2. The normalized spacial score (nSPS) is 12.6. The van der Waals surface area contributed by atoms with Crippen LogP contribution in [0.3, 0.4) is 0 Å². The summed E-state index contributed by atoms with van der Waals surface area (Å²) in [7, 11) is 0. The third-order valence-corrected chi connectivity index (χ3v) is 3.38. The molecule has 1 unspecified atom stereocenters. The van der Waals surface area contributed by atoms with E-state index < -0.39 is 0 Å². The summed E-state index contributed by atoms with van der Waals surface area (Å²) in [5.74, 6) is 0. The summed E-state index contributed by atoms with van der Waals surface area (Å²) in [5.41, 5.74) is 1.22. The summed E-state index contributed by atoms with van der Waals surface area (Å²) in [6.45, 7) is 2.24. The van der Waals surface area contributed by atoms with Crippen LogP contribution in [-0.4, -0.2) is 16.2 Å². The van der Waals surface area contributed by atoms with Gasteiger partial charge in [-0.05, 0) is 30.9 Å². The van der Waals surface area contributed by atoms with Crippen LogP contribution in [0.1, 0.15) is 63.9 Å². The molecule has 2 nitrogen and oxygen atoms in total. The Morgan fingerprint density at radius 3 is 2.61 bits per heavy atom. The first-order valence-electron chi connectivity index (χ1n) is 7.40. The molecule has 102 valence electrons. The molecular weight excluding hydrogens is 222 g/mol. The molecule has 0 fully saturated rings. The minimum Gasteiger partial charge on any atom is -0.393 e. The average Bonchev–Trinajstić information content (AvgIpc) is 2.41.